The highest BCUT2D eigenvalue weighted by atomic mass is 32.1. The van der Waals surface area contributed by atoms with Crippen LogP contribution >= 0.6 is 11.3 Å². The zero-order valence-corrected chi connectivity index (χ0v) is 14.0. The molecule has 2 amide bonds. The summed E-state index contributed by atoms with van der Waals surface area (Å²) in [6.07, 6.45) is 3.99. The molecule has 2 aromatic rings. The van der Waals surface area contributed by atoms with Crippen molar-refractivity contribution < 1.29 is 9.59 Å². The van der Waals surface area contributed by atoms with Crippen molar-refractivity contribution in [1.82, 2.24) is 10.3 Å². The Bertz CT molecular complexity index is 695. The Labute approximate surface area is 139 Å². The lowest BCUT2D eigenvalue weighted by Gasteiger charge is -2.17. The van der Waals surface area contributed by atoms with Gasteiger partial charge in [-0.05, 0) is 24.6 Å². The Morgan fingerprint density at radius 2 is 2.04 bits per heavy atom. The van der Waals surface area contributed by atoms with E-state index in [-0.39, 0.29) is 11.8 Å². The number of amides is 2. The smallest absolute Gasteiger partial charge is 0.244 e. The minimum atomic E-state index is -0.145. The summed E-state index contributed by atoms with van der Waals surface area (Å²) in [5.74, 6) is -0.255. The summed E-state index contributed by atoms with van der Waals surface area (Å²) in [4.78, 5) is 29.5. The third-order valence-electron chi connectivity index (χ3n) is 2.99. The van der Waals surface area contributed by atoms with Crippen molar-refractivity contribution >= 4 is 40.0 Å². The second-order valence-electron chi connectivity index (χ2n) is 4.87. The van der Waals surface area contributed by atoms with Gasteiger partial charge in [-0.3, -0.25) is 14.5 Å². The fourth-order valence-electron chi connectivity index (χ4n) is 1.93. The van der Waals surface area contributed by atoms with Crippen molar-refractivity contribution in [2.45, 2.75) is 20.3 Å². The van der Waals surface area contributed by atoms with Gasteiger partial charge >= 0.3 is 0 Å². The minimum Gasteiger partial charge on any atom is -0.353 e. The normalized spacial score (nSPS) is 10.7. The predicted molar refractivity (Wildman–Crippen MR) is 93.7 cm³/mol. The fraction of sp³-hybridized carbons (Fsp3) is 0.235. The standard InChI is InChI=1S/C17H19N3O2S/c1-3-11-18-16(22)10-9-14-12-23-17(19-14)20(13(2)21)15-7-5-4-6-8-15/h4-10,12H,3,11H2,1-2H3,(H,18,22)/b10-9+. The van der Waals surface area contributed by atoms with E-state index in [1.807, 2.05) is 42.6 Å². The molecule has 0 aliphatic rings. The van der Waals surface area contributed by atoms with Crippen LogP contribution in [0.25, 0.3) is 6.08 Å². The monoisotopic (exact) mass is 329 g/mol. The number of hydrogen-bond acceptors (Lipinski definition) is 4. The average Bonchev–Trinajstić information content (AvgIpc) is 3.00. The van der Waals surface area contributed by atoms with Gasteiger partial charge in [0, 0.05) is 24.9 Å². The molecule has 0 atom stereocenters. The first-order chi connectivity index (χ1) is 11.1. The van der Waals surface area contributed by atoms with E-state index in [0.29, 0.717) is 17.4 Å². The fourth-order valence-corrected chi connectivity index (χ4v) is 2.78. The van der Waals surface area contributed by atoms with Gasteiger partial charge in [-0.25, -0.2) is 4.98 Å². The Kier molecular flexibility index (Phi) is 6.05. The summed E-state index contributed by atoms with van der Waals surface area (Å²) in [6, 6.07) is 9.36. The summed E-state index contributed by atoms with van der Waals surface area (Å²) in [5.41, 5.74) is 1.42. The maximum Gasteiger partial charge on any atom is 0.244 e. The SMILES string of the molecule is CCCNC(=O)/C=C/c1csc(N(C(C)=O)c2ccccc2)n1. The number of thiazole rings is 1. The number of para-hydroxylation sites is 1. The van der Waals surface area contributed by atoms with E-state index in [1.54, 1.807) is 11.0 Å². The lowest BCUT2D eigenvalue weighted by atomic mass is 10.3. The molecule has 0 radical (unpaired) electrons. The maximum atomic E-state index is 11.9. The number of rotatable bonds is 6. The Hall–Kier alpha value is -2.47. The van der Waals surface area contributed by atoms with E-state index >= 15 is 0 Å². The summed E-state index contributed by atoms with van der Waals surface area (Å²) in [7, 11) is 0. The van der Waals surface area contributed by atoms with E-state index in [0.717, 1.165) is 12.1 Å². The van der Waals surface area contributed by atoms with Crippen molar-refractivity contribution in [3.8, 4) is 0 Å². The first kappa shape index (κ1) is 16.9. The van der Waals surface area contributed by atoms with Gasteiger partial charge in [0.15, 0.2) is 5.13 Å². The summed E-state index contributed by atoms with van der Waals surface area (Å²) in [6.45, 7) is 4.15. The first-order valence-corrected chi connectivity index (χ1v) is 8.27. The molecule has 1 heterocycles. The molecule has 0 unspecified atom stereocenters. The summed E-state index contributed by atoms with van der Waals surface area (Å²) in [5, 5.41) is 5.16. The average molecular weight is 329 g/mol. The van der Waals surface area contributed by atoms with E-state index in [4.69, 9.17) is 0 Å². The molecular weight excluding hydrogens is 310 g/mol. The number of hydrogen-bond donors (Lipinski definition) is 1. The Balaban J connectivity index is 2.15. The van der Waals surface area contributed by atoms with Crippen LogP contribution in [0.15, 0.2) is 41.8 Å². The summed E-state index contributed by atoms with van der Waals surface area (Å²) >= 11 is 1.36. The number of nitrogens with one attached hydrogen (secondary N) is 1. The molecule has 0 bridgehead atoms. The molecule has 2 rings (SSSR count). The van der Waals surface area contributed by atoms with Gasteiger partial charge in [-0.15, -0.1) is 11.3 Å². The molecule has 0 aliphatic heterocycles. The van der Waals surface area contributed by atoms with Crippen LogP contribution in [0.5, 0.6) is 0 Å². The van der Waals surface area contributed by atoms with Gasteiger partial charge in [0.1, 0.15) is 0 Å². The Morgan fingerprint density at radius 1 is 1.30 bits per heavy atom. The Morgan fingerprint density at radius 3 is 2.70 bits per heavy atom. The molecule has 1 N–H and O–H groups in total. The molecule has 0 spiro atoms. The number of carbonyl (C=O) groups is 2. The molecule has 1 aromatic carbocycles. The van der Waals surface area contributed by atoms with E-state index < -0.39 is 0 Å². The molecule has 120 valence electrons. The molecule has 0 fully saturated rings. The van der Waals surface area contributed by atoms with Crippen LogP contribution in [0.2, 0.25) is 0 Å². The highest BCUT2D eigenvalue weighted by molar-refractivity contribution is 7.14. The number of nitrogens with zero attached hydrogens (tertiary/aromatic N) is 2. The molecular formula is C17H19N3O2S. The van der Waals surface area contributed by atoms with Gasteiger partial charge in [0.05, 0.1) is 11.4 Å². The van der Waals surface area contributed by atoms with Crippen molar-refractivity contribution in [2.24, 2.45) is 0 Å². The molecule has 23 heavy (non-hydrogen) atoms. The molecule has 6 heteroatoms. The molecule has 5 nitrogen and oxygen atoms in total. The lowest BCUT2D eigenvalue weighted by Crippen LogP contribution is -2.22. The third-order valence-corrected chi connectivity index (χ3v) is 3.83. The highest BCUT2D eigenvalue weighted by Gasteiger charge is 2.17. The molecule has 0 saturated heterocycles. The number of carbonyl (C=O) groups excluding carboxylic acids is 2. The van der Waals surface area contributed by atoms with Crippen LogP contribution in [-0.4, -0.2) is 23.3 Å². The van der Waals surface area contributed by atoms with Gasteiger partial charge in [-0.2, -0.15) is 0 Å². The zero-order valence-electron chi connectivity index (χ0n) is 13.2. The van der Waals surface area contributed by atoms with Gasteiger partial charge in [0.2, 0.25) is 11.8 Å². The maximum absolute atomic E-state index is 11.9. The van der Waals surface area contributed by atoms with Gasteiger partial charge < -0.3 is 5.32 Å². The lowest BCUT2D eigenvalue weighted by molar-refractivity contribution is -0.117. The van der Waals surface area contributed by atoms with Crippen molar-refractivity contribution in [3.63, 3.8) is 0 Å². The van der Waals surface area contributed by atoms with Crippen LogP contribution in [0.1, 0.15) is 26.0 Å². The predicted octanol–water partition coefficient (Wildman–Crippen LogP) is 3.37. The van der Waals surface area contributed by atoms with Crippen molar-refractivity contribution in [2.75, 3.05) is 11.4 Å². The minimum absolute atomic E-state index is 0.109. The van der Waals surface area contributed by atoms with E-state index in [2.05, 4.69) is 10.3 Å². The number of benzene rings is 1. The third kappa shape index (κ3) is 4.75. The second kappa shape index (κ2) is 8.24. The molecule has 1 aromatic heterocycles. The van der Waals surface area contributed by atoms with E-state index in [1.165, 1.54) is 24.3 Å². The molecule has 0 aliphatic carbocycles. The van der Waals surface area contributed by atoms with E-state index in [9.17, 15) is 9.59 Å². The van der Waals surface area contributed by atoms with Crippen LogP contribution in [-0.2, 0) is 9.59 Å². The van der Waals surface area contributed by atoms with Crippen molar-refractivity contribution in [3.05, 3.63) is 47.5 Å². The first-order valence-electron chi connectivity index (χ1n) is 7.39. The van der Waals surface area contributed by atoms with Gasteiger partial charge in [-0.1, -0.05) is 25.1 Å². The second-order valence-corrected chi connectivity index (χ2v) is 5.71. The van der Waals surface area contributed by atoms with Crippen LogP contribution in [0.3, 0.4) is 0 Å². The largest absolute Gasteiger partial charge is 0.353 e. The van der Waals surface area contributed by atoms with Crippen LogP contribution < -0.4 is 10.2 Å². The van der Waals surface area contributed by atoms with Gasteiger partial charge in [0.25, 0.3) is 0 Å². The van der Waals surface area contributed by atoms with Crippen molar-refractivity contribution in [1.29, 1.82) is 0 Å². The topological polar surface area (TPSA) is 62.3 Å². The quantitative estimate of drug-likeness (QED) is 0.827. The number of aromatic nitrogens is 1. The summed E-state index contributed by atoms with van der Waals surface area (Å²) < 4.78 is 0. The van der Waals surface area contributed by atoms with Crippen LogP contribution in [0.4, 0.5) is 10.8 Å². The zero-order chi connectivity index (χ0) is 16.7. The molecule has 0 saturated carbocycles. The highest BCUT2D eigenvalue weighted by Crippen LogP contribution is 2.28. The number of anilines is 2. The van der Waals surface area contributed by atoms with Crippen LogP contribution in [0, 0.1) is 0 Å².